The summed E-state index contributed by atoms with van der Waals surface area (Å²) in [6.07, 6.45) is 8.48. The first kappa shape index (κ1) is 13.7. The lowest BCUT2D eigenvalue weighted by Crippen LogP contribution is -2.25. The third-order valence-electron chi connectivity index (χ3n) is 2.40. The second-order valence-electron chi connectivity index (χ2n) is 3.78. The van der Waals surface area contributed by atoms with E-state index in [1.807, 2.05) is 13.0 Å². The van der Waals surface area contributed by atoms with Crippen molar-refractivity contribution in [1.29, 1.82) is 0 Å². The molecule has 0 saturated heterocycles. The minimum Gasteiger partial charge on any atom is -0.390 e. The Hall–Kier alpha value is -0.340. The van der Waals surface area contributed by atoms with Gasteiger partial charge in [0.05, 0.1) is 12.2 Å². The van der Waals surface area contributed by atoms with Gasteiger partial charge in [-0.05, 0) is 32.6 Å². The lowest BCUT2D eigenvalue weighted by atomic mass is 10.0. The number of aliphatic hydroxyl groups is 2. The van der Waals surface area contributed by atoms with Gasteiger partial charge in [0.1, 0.15) is 0 Å². The molecule has 0 heterocycles. The number of rotatable bonds is 8. The minimum atomic E-state index is -0.535. The zero-order valence-corrected chi connectivity index (χ0v) is 9.45. The van der Waals surface area contributed by atoms with Crippen LogP contribution in [0.2, 0.25) is 0 Å². The predicted octanol–water partition coefficient (Wildman–Crippen LogP) is 2.64. The molecule has 0 bridgehead atoms. The van der Waals surface area contributed by atoms with Crippen molar-refractivity contribution in [2.45, 2.75) is 64.6 Å². The molecule has 0 aliphatic carbocycles. The Morgan fingerprint density at radius 3 is 2.14 bits per heavy atom. The summed E-state index contributed by atoms with van der Waals surface area (Å²) in [5, 5.41) is 19.1. The molecule has 0 rings (SSSR count). The molecule has 2 nitrogen and oxygen atoms in total. The van der Waals surface area contributed by atoms with Gasteiger partial charge >= 0.3 is 0 Å². The summed E-state index contributed by atoms with van der Waals surface area (Å²) in [6, 6.07) is 0. The predicted molar refractivity (Wildman–Crippen MR) is 60.2 cm³/mol. The number of aliphatic hydroxyl groups excluding tert-OH is 2. The van der Waals surface area contributed by atoms with Crippen LogP contribution >= 0.6 is 0 Å². The van der Waals surface area contributed by atoms with Gasteiger partial charge in [-0.1, -0.05) is 31.9 Å². The highest BCUT2D eigenvalue weighted by atomic mass is 16.3. The highest BCUT2D eigenvalue weighted by molar-refractivity contribution is 4.77. The van der Waals surface area contributed by atoms with Crippen LogP contribution in [0.15, 0.2) is 12.2 Å². The quantitative estimate of drug-likeness (QED) is 0.467. The molecule has 0 aliphatic rings. The molecule has 0 saturated carbocycles. The smallest absolute Gasteiger partial charge is 0.0799 e. The van der Waals surface area contributed by atoms with E-state index in [2.05, 4.69) is 13.0 Å². The summed E-state index contributed by atoms with van der Waals surface area (Å²) in [5.74, 6) is 0. The van der Waals surface area contributed by atoms with E-state index in [1.165, 1.54) is 0 Å². The molecule has 2 heteroatoms. The molecule has 0 aromatic heterocycles. The van der Waals surface area contributed by atoms with Crippen molar-refractivity contribution < 1.29 is 10.2 Å². The van der Waals surface area contributed by atoms with Crippen molar-refractivity contribution in [1.82, 2.24) is 0 Å². The number of hydrogen-bond donors (Lipinski definition) is 2. The fourth-order valence-electron chi connectivity index (χ4n) is 1.41. The van der Waals surface area contributed by atoms with Crippen LogP contribution in [0.4, 0.5) is 0 Å². The molecule has 2 atom stereocenters. The zero-order chi connectivity index (χ0) is 10.8. The van der Waals surface area contributed by atoms with E-state index >= 15 is 0 Å². The molecule has 2 N–H and O–H groups in total. The minimum absolute atomic E-state index is 0.527. The maximum Gasteiger partial charge on any atom is 0.0799 e. The van der Waals surface area contributed by atoms with Gasteiger partial charge in [-0.15, -0.1) is 0 Å². The SMILES string of the molecule is C/C=C/CCCC(O)C(O)CCCC. The number of allylic oxidation sites excluding steroid dienone is 2. The van der Waals surface area contributed by atoms with Gasteiger partial charge in [0.2, 0.25) is 0 Å². The van der Waals surface area contributed by atoms with E-state index < -0.39 is 12.2 Å². The highest BCUT2D eigenvalue weighted by Crippen LogP contribution is 2.10. The van der Waals surface area contributed by atoms with Crippen molar-refractivity contribution in [2.75, 3.05) is 0 Å². The van der Waals surface area contributed by atoms with Crippen LogP contribution in [-0.2, 0) is 0 Å². The Morgan fingerprint density at radius 2 is 1.64 bits per heavy atom. The van der Waals surface area contributed by atoms with Crippen LogP contribution in [0.3, 0.4) is 0 Å². The summed E-state index contributed by atoms with van der Waals surface area (Å²) < 4.78 is 0. The van der Waals surface area contributed by atoms with Gasteiger partial charge in [-0.3, -0.25) is 0 Å². The summed E-state index contributed by atoms with van der Waals surface area (Å²) in [7, 11) is 0. The molecular formula is C12H24O2. The molecule has 0 aromatic rings. The lowest BCUT2D eigenvalue weighted by Gasteiger charge is -2.16. The Bertz CT molecular complexity index is 143. The average molecular weight is 200 g/mol. The van der Waals surface area contributed by atoms with Crippen LogP contribution in [0, 0.1) is 0 Å². The summed E-state index contributed by atoms with van der Waals surface area (Å²) in [5.41, 5.74) is 0. The molecule has 0 radical (unpaired) electrons. The topological polar surface area (TPSA) is 40.5 Å². The van der Waals surface area contributed by atoms with Gasteiger partial charge in [0.15, 0.2) is 0 Å². The Kier molecular flexibility index (Phi) is 9.00. The van der Waals surface area contributed by atoms with Crippen LogP contribution < -0.4 is 0 Å². The molecule has 14 heavy (non-hydrogen) atoms. The number of unbranched alkanes of at least 4 members (excludes halogenated alkanes) is 2. The normalized spacial score (nSPS) is 16.0. The summed E-state index contributed by atoms with van der Waals surface area (Å²) in [4.78, 5) is 0. The molecule has 0 fully saturated rings. The van der Waals surface area contributed by atoms with Gasteiger partial charge in [-0.25, -0.2) is 0 Å². The van der Waals surface area contributed by atoms with Crippen LogP contribution in [0.5, 0.6) is 0 Å². The van der Waals surface area contributed by atoms with Gasteiger partial charge in [0, 0.05) is 0 Å². The van der Waals surface area contributed by atoms with Gasteiger partial charge in [-0.2, -0.15) is 0 Å². The first-order valence-electron chi connectivity index (χ1n) is 5.69. The highest BCUT2D eigenvalue weighted by Gasteiger charge is 2.14. The third kappa shape index (κ3) is 7.10. The first-order chi connectivity index (χ1) is 6.72. The van der Waals surface area contributed by atoms with Crippen molar-refractivity contribution >= 4 is 0 Å². The molecule has 0 spiro atoms. The van der Waals surface area contributed by atoms with Crippen molar-refractivity contribution in [2.24, 2.45) is 0 Å². The zero-order valence-electron chi connectivity index (χ0n) is 9.45. The molecule has 2 unspecified atom stereocenters. The second-order valence-corrected chi connectivity index (χ2v) is 3.78. The van der Waals surface area contributed by atoms with Crippen molar-refractivity contribution in [3.05, 3.63) is 12.2 Å². The van der Waals surface area contributed by atoms with E-state index in [0.717, 1.165) is 32.1 Å². The molecule has 0 amide bonds. The Balaban J connectivity index is 3.45. The maximum atomic E-state index is 9.57. The largest absolute Gasteiger partial charge is 0.390 e. The second kappa shape index (κ2) is 9.22. The summed E-state index contributed by atoms with van der Waals surface area (Å²) >= 11 is 0. The van der Waals surface area contributed by atoms with Gasteiger partial charge in [0.25, 0.3) is 0 Å². The molecular weight excluding hydrogens is 176 g/mol. The Morgan fingerprint density at radius 1 is 1.07 bits per heavy atom. The van der Waals surface area contributed by atoms with E-state index in [1.54, 1.807) is 0 Å². The van der Waals surface area contributed by atoms with Crippen LogP contribution in [-0.4, -0.2) is 22.4 Å². The van der Waals surface area contributed by atoms with Crippen LogP contribution in [0.1, 0.15) is 52.4 Å². The fraction of sp³-hybridized carbons (Fsp3) is 0.833. The van der Waals surface area contributed by atoms with Crippen molar-refractivity contribution in [3.8, 4) is 0 Å². The first-order valence-corrected chi connectivity index (χ1v) is 5.69. The lowest BCUT2D eigenvalue weighted by molar-refractivity contribution is 0.00788. The molecule has 0 aliphatic heterocycles. The summed E-state index contributed by atoms with van der Waals surface area (Å²) in [6.45, 7) is 4.08. The fourth-order valence-corrected chi connectivity index (χ4v) is 1.41. The monoisotopic (exact) mass is 200 g/mol. The third-order valence-corrected chi connectivity index (χ3v) is 2.40. The van der Waals surface area contributed by atoms with E-state index in [9.17, 15) is 10.2 Å². The maximum absolute atomic E-state index is 9.57. The van der Waals surface area contributed by atoms with Crippen molar-refractivity contribution in [3.63, 3.8) is 0 Å². The molecule has 0 aromatic carbocycles. The number of hydrogen-bond acceptors (Lipinski definition) is 2. The van der Waals surface area contributed by atoms with E-state index in [0.29, 0.717) is 6.42 Å². The Labute approximate surface area is 87.7 Å². The van der Waals surface area contributed by atoms with Gasteiger partial charge < -0.3 is 10.2 Å². The molecule has 84 valence electrons. The average Bonchev–Trinajstić information content (AvgIpc) is 2.20. The van der Waals surface area contributed by atoms with Crippen LogP contribution in [0.25, 0.3) is 0 Å². The van der Waals surface area contributed by atoms with E-state index in [4.69, 9.17) is 0 Å². The standard InChI is InChI=1S/C12H24O2/c1-3-5-7-8-10-12(14)11(13)9-6-4-2/h3,5,11-14H,4,6-10H2,1-2H3/b5-3+. The van der Waals surface area contributed by atoms with E-state index in [-0.39, 0.29) is 0 Å².